The molecule has 1 N–H and O–H groups in total. The van der Waals surface area contributed by atoms with Crippen molar-refractivity contribution in [1.29, 1.82) is 0 Å². The van der Waals surface area contributed by atoms with Gasteiger partial charge in [0.25, 0.3) is 0 Å². The van der Waals surface area contributed by atoms with Gasteiger partial charge in [0.15, 0.2) is 0 Å². The fraction of sp³-hybridized carbons (Fsp3) is 0.444. The Morgan fingerprint density at radius 3 is 2.77 bits per heavy atom. The van der Waals surface area contributed by atoms with Gasteiger partial charge < -0.3 is 19.5 Å². The van der Waals surface area contributed by atoms with Crippen LogP contribution in [0.5, 0.6) is 0 Å². The molecule has 3 aromatic heterocycles. The largest absolute Gasteiger partial charge is 0.469 e. The maximum Gasteiger partial charge on any atom is 0.218 e. The van der Waals surface area contributed by atoms with E-state index >= 15 is 0 Å². The van der Waals surface area contributed by atoms with E-state index in [1.54, 1.807) is 17.6 Å². The fourth-order valence-corrected chi connectivity index (χ4v) is 3.98. The molecule has 3 aromatic rings. The van der Waals surface area contributed by atoms with Gasteiger partial charge in [-0.1, -0.05) is 11.3 Å². The molecule has 0 aliphatic carbocycles. The van der Waals surface area contributed by atoms with Crippen molar-refractivity contribution in [1.82, 2.24) is 25.0 Å². The van der Waals surface area contributed by atoms with Crippen molar-refractivity contribution in [3.63, 3.8) is 0 Å². The van der Waals surface area contributed by atoms with Crippen LogP contribution in [0.1, 0.15) is 11.5 Å². The predicted molar refractivity (Wildman–Crippen MR) is 103 cm³/mol. The van der Waals surface area contributed by atoms with Crippen LogP contribution in [0.25, 0.3) is 5.13 Å². The molecule has 8 heteroatoms. The zero-order valence-electron chi connectivity index (χ0n) is 15.0. The zero-order chi connectivity index (χ0) is 17.8. The number of aromatic nitrogens is 3. The number of nitrogens with one attached hydrogen (secondary N) is 1. The van der Waals surface area contributed by atoms with Crippen LogP contribution in [-0.2, 0) is 13.0 Å². The van der Waals surface area contributed by atoms with E-state index < -0.39 is 0 Å². The molecule has 1 aliphatic rings. The normalized spacial score (nSPS) is 15.7. The molecule has 0 spiro atoms. The number of likely N-dealkylation sites (N-methyl/N-ethyl adjacent to an activating group) is 1. The number of piperazine rings is 1. The molecule has 1 fully saturated rings. The topological polar surface area (TPSA) is 62.4 Å². The van der Waals surface area contributed by atoms with Crippen LogP contribution < -0.4 is 10.2 Å². The SMILES string of the molecule is CN1CCN(c2nnc(-n3cccc3CNCCc3ccco3)s2)CC1. The maximum absolute atomic E-state index is 5.36. The standard InChI is InChI=1S/C18H24N6OS/c1-22-9-11-23(12-10-22)17-20-21-18(26-17)24-8-2-4-15(24)14-19-7-6-16-5-3-13-25-16/h2-5,8,13,19H,6-7,9-12,14H2,1H3. The Kier molecular flexibility index (Phi) is 5.33. The predicted octanol–water partition coefficient (Wildman–Crippen LogP) is 2.01. The quantitative estimate of drug-likeness (QED) is 0.640. The minimum atomic E-state index is 0.789. The lowest BCUT2D eigenvalue weighted by Crippen LogP contribution is -2.44. The smallest absolute Gasteiger partial charge is 0.218 e. The first-order valence-corrected chi connectivity index (χ1v) is 9.78. The maximum atomic E-state index is 5.36. The number of anilines is 1. The first-order chi connectivity index (χ1) is 12.8. The summed E-state index contributed by atoms with van der Waals surface area (Å²) in [4.78, 5) is 4.67. The Labute approximate surface area is 157 Å². The van der Waals surface area contributed by atoms with Crippen LogP contribution in [0, 0.1) is 0 Å². The molecular formula is C18H24N6OS. The average Bonchev–Trinajstić information content (AvgIpc) is 3.40. The van der Waals surface area contributed by atoms with E-state index in [1.165, 1.54) is 5.69 Å². The van der Waals surface area contributed by atoms with E-state index in [4.69, 9.17) is 4.42 Å². The van der Waals surface area contributed by atoms with Gasteiger partial charge in [0.05, 0.1) is 6.26 Å². The van der Waals surface area contributed by atoms with Gasteiger partial charge >= 0.3 is 0 Å². The van der Waals surface area contributed by atoms with Gasteiger partial charge in [-0.25, -0.2) is 0 Å². The third-order valence-corrected chi connectivity index (χ3v) is 5.63. The molecule has 4 rings (SSSR count). The summed E-state index contributed by atoms with van der Waals surface area (Å²) in [5.74, 6) is 1.01. The Bertz CT molecular complexity index is 803. The Morgan fingerprint density at radius 1 is 1.12 bits per heavy atom. The fourth-order valence-electron chi connectivity index (χ4n) is 3.06. The first-order valence-electron chi connectivity index (χ1n) is 8.96. The molecule has 26 heavy (non-hydrogen) atoms. The number of hydrogen-bond acceptors (Lipinski definition) is 7. The molecule has 0 amide bonds. The summed E-state index contributed by atoms with van der Waals surface area (Å²) in [5, 5.41) is 14.2. The number of nitrogens with zero attached hydrogens (tertiary/aromatic N) is 5. The summed E-state index contributed by atoms with van der Waals surface area (Å²) in [6.45, 7) is 5.83. The summed E-state index contributed by atoms with van der Waals surface area (Å²) >= 11 is 1.66. The van der Waals surface area contributed by atoms with Crippen molar-refractivity contribution in [3.05, 3.63) is 48.2 Å². The third-order valence-electron chi connectivity index (χ3n) is 4.65. The molecule has 0 radical (unpaired) electrons. The van der Waals surface area contributed by atoms with E-state index in [-0.39, 0.29) is 0 Å². The lowest BCUT2D eigenvalue weighted by atomic mass is 10.3. The molecule has 0 atom stereocenters. The number of rotatable bonds is 7. The third kappa shape index (κ3) is 3.98. The van der Waals surface area contributed by atoms with Crippen LogP contribution in [0.3, 0.4) is 0 Å². The van der Waals surface area contributed by atoms with Crippen LogP contribution in [0.4, 0.5) is 5.13 Å². The van der Waals surface area contributed by atoms with Gasteiger partial charge in [-0.2, -0.15) is 0 Å². The van der Waals surface area contributed by atoms with Crippen LogP contribution in [-0.4, -0.2) is 59.4 Å². The Morgan fingerprint density at radius 2 is 1.96 bits per heavy atom. The van der Waals surface area contributed by atoms with E-state index in [1.807, 2.05) is 12.1 Å². The van der Waals surface area contributed by atoms with Crippen molar-refractivity contribution < 1.29 is 4.42 Å². The summed E-state index contributed by atoms with van der Waals surface area (Å²) in [6, 6.07) is 8.11. The molecule has 7 nitrogen and oxygen atoms in total. The summed E-state index contributed by atoms with van der Waals surface area (Å²) in [5.41, 5.74) is 1.19. The molecule has 1 saturated heterocycles. The molecular weight excluding hydrogens is 348 g/mol. The Balaban J connectivity index is 1.36. The molecule has 0 unspecified atom stereocenters. The van der Waals surface area contributed by atoms with Crippen LogP contribution in [0.15, 0.2) is 41.1 Å². The number of hydrogen-bond donors (Lipinski definition) is 1. The second-order valence-electron chi connectivity index (χ2n) is 6.53. The first kappa shape index (κ1) is 17.3. The molecule has 138 valence electrons. The lowest BCUT2D eigenvalue weighted by molar-refractivity contribution is 0.312. The molecule has 0 bridgehead atoms. The highest BCUT2D eigenvalue weighted by molar-refractivity contribution is 7.17. The van der Waals surface area contributed by atoms with E-state index in [0.29, 0.717) is 0 Å². The van der Waals surface area contributed by atoms with E-state index in [9.17, 15) is 0 Å². The monoisotopic (exact) mass is 372 g/mol. The van der Waals surface area contributed by atoms with E-state index in [0.717, 1.165) is 61.7 Å². The van der Waals surface area contributed by atoms with Crippen molar-refractivity contribution in [2.45, 2.75) is 13.0 Å². The van der Waals surface area contributed by atoms with Gasteiger partial charge in [0.2, 0.25) is 10.3 Å². The minimum Gasteiger partial charge on any atom is -0.469 e. The van der Waals surface area contributed by atoms with Crippen molar-refractivity contribution in [2.75, 3.05) is 44.7 Å². The van der Waals surface area contributed by atoms with E-state index in [2.05, 4.69) is 55.3 Å². The molecule has 4 heterocycles. The van der Waals surface area contributed by atoms with Crippen molar-refractivity contribution in [2.24, 2.45) is 0 Å². The van der Waals surface area contributed by atoms with Crippen LogP contribution in [0.2, 0.25) is 0 Å². The summed E-state index contributed by atoms with van der Waals surface area (Å²) in [6.07, 6.45) is 4.66. The van der Waals surface area contributed by atoms with Crippen LogP contribution >= 0.6 is 11.3 Å². The molecule has 0 saturated carbocycles. The minimum absolute atomic E-state index is 0.789. The zero-order valence-corrected chi connectivity index (χ0v) is 15.8. The Hall–Kier alpha value is -2.16. The summed E-state index contributed by atoms with van der Waals surface area (Å²) in [7, 11) is 2.16. The van der Waals surface area contributed by atoms with Crippen molar-refractivity contribution >= 4 is 16.5 Å². The van der Waals surface area contributed by atoms with Crippen molar-refractivity contribution in [3.8, 4) is 5.13 Å². The second-order valence-corrected chi connectivity index (χ2v) is 7.47. The average molecular weight is 372 g/mol. The highest BCUT2D eigenvalue weighted by Crippen LogP contribution is 2.25. The molecule has 0 aromatic carbocycles. The van der Waals surface area contributed by atoms with Gasteiger partial charge in [0, 0.05) is 57.6 Å². The molecule has 1 aliphatic heterocycles. The summed E-state index contributed by atoms with van der Waals surface area (Å²) < 4.78 is 7.48. The highest BCUT2D eigenvalue weighted by Gasteiger charge is 2.18. The van der Waals surface area contributed by atoms with Gasteiger partial charge in [-0.3, -0.25) is 4.57 Å². The number of furan rings is 1. The van der Waals surface area contributed by atoms with Gasteiger partial charge in [0.1, 0.15) is 5.76 Å². The lowest BCUT2D eigenvalue weighted by Gasteiger charge is -2.31. The van der Waals surface area contributed by atoms with Gasteiger partial charge in [-0.15, -0.1) is 10.2 Å². The van der Waals surface area contributed by atoms with Gasteiger partial charge in [-0.05, 0) is 31.3 Å². The highest BCUT2D eigenvalue weighted by atomic mass is 32.1. The second kappa shape index (κ2) is 8.03.